The van der Waals surface area contributed by atoms with Crippen molar-refractivity contribution in [3.8, 4) is 0 Å². The van der Waals surface area contributed by atoms with Crippen molar-refractivity contribution >= 4 is 15.9 Å². The molecule has 0 radical (unpaired) electrons. The van der Waals surface area contributed by atoms with E-state index in [9.17, 15) is 0 Å². The molecule has 0 atom stereocenters. The van der Waals surface area contributed by atoms with E-state index in [1.165, 1.54) is 11.3 Å². The molecule has 0 saturated heterocycles. The molecule has 0 fully saturated rings. The fourth-order valence-electron chi connectivity index (χ4n) is 1.05. The number of hydrogen-bond acceptors (Lipinski definition) is 1. The number of hydrogen-bond donors (Lipinski definition) is 0. The number of aryl methyl sites for hydroxylation is 1. The summed E-state index contributed by atoms with van der Waals surface area (Å²) in [5.74, 6) is 0. The van der Waals surface area contributed by atoms with Crippen molar-refractivity contribution < 1.29 is 0 Å². The Balaban J connectivity index is 2.82. The van der Waals surface area contributed by atoms with Crippen LogP contribution >= 0.6 is 15.9 Å². The molecule has 1 heterocycles. The monoisotopic (exact) mass is 216 g/mol. The van der Waals surface area contributed by atoms with Crippen molar-refractivity contribution in [3.05, 3.63) is 17.5 Å². The highest BCUT2D eigenvalue weighted by Crippen LogP contribution is 2.10. The van der Waals surface area contributed by atoms with Gasteiger partial charge in [0.05, 0.1) is 6.20 Å². The summed E-state index contributed by atoms with van der Waals surface area (Å²) in [5.41, 5.74) is 2.57. The fourth-order valence-corrected chi connectivity index (χ4v) is 1.60. The molecule has 0 amide bonds. The van der Waals surface area contributed by atoms with E-state index in [0.29, 0.717) is 0 Å². The van der Waals surface area contributed by atoms with Crippen LogP contribution in [0.1, 0.15) is 24.6 Å². The van der Waals surface area contributed by atoms with E-state index < -0.39 is 0 Å². The zero-order chi connectivity index (χ0) is 8.27. The topological polar surface area (TPSA) is 17.8 Å². The molecule has 11 heavy (non-hydrogen) atoms. The summed E-state index contributed by atoms with van der Waals surface area (Å²) in [6, 6.07) is 0. The van der Waals surface area contributed by atoms with Gasteiger partial charge in [-0.15, -0.1) is 0 Å². The van der Waals surface area contributed by atoms with Gasteiger partial charge in [-0.1, -0.05) is 22.9 Å². The van der Waals surface area contributed by atoms with Gasteiger partial charge in [-0.3, -0.25) is 4.68 Å². The van der Waals surface area contributed by atoms with E-state index in [1.807, 2.05) is 6.20 Å². The van der Waals surface area contributed by atoms with Gasteiger partial charge in [-0.25, -0.2) is 0 Å². The lowest BCUT2D eigenvalue weighted by atomic mass is 10.3. The van der Waals surface area contributed by atoms with E-state index in [-0.39, 0.29) is 0 Å². The Morgan fingerprint density at radius 1 is 1.64 bits per heavy atom. The lowest BCUT2D eigenvalue weighted by molar-refractivity contribution is 0.586. The summed E-state index contributed by atoms with van der Waals surface area (Å²) < 4.78 is 2.05. The van der Waals surface area contributed by atoms with E-state index >= 15 is 0 Å². The van der Waals surface area contributed by atoms with Crippen molar-refractivity contribution in [2.24, 2.45) is 0 Å². The summed E-state index contributed by atoms with van der Waals surface area (Å²) in [7, 11) is 0. The largest absolute Gasteiger partial charge is 0.270 e. The number of alkyl halides is 1. The van der Waals surface area contributed by atoms with Gasteiger partial charge in [0.25, 0.3) is 0 Å². The zero-order valence-corrected chi connectivity index (χ0v) is 8.56. The first-order valence-corrected chi connectivity index (χ1v) is 4.99. The van der Waals surface area contributed by atoms with Gasteiger partial charge in [0.15, 0.2) is 0 Å². The van der Waals surface area contributed by atoms with Gasteiger partial charge in [-0.05, 0) is 13.3 Å². The van der Waals surface area contributed by atoms with Crippen LogP contribution in [-0.2, 0) is 11.9 Å². The maximum absolute atomic E-state index is 4.26. The van der Waals surface area contributed by atoms with Crippen molar-refractivity contribution in [1.82, 2.24) is 9.78 Å². The molecule has 1 aromatic heterocycles. The Morgan fingerprint density at radius 3 is 2.82 bits per heavy atom. The quantitative estimate of drug-likeness (QED) is 0.711. The van der Waals surface area contributed by atoms with E-state index in [1.54, 1.807) is 0 Å². The van der Waals surface area contributed by atoms with Crippen molar-refractivity contribution in [1.29, 1.82) is 0 Å². The van der Waals surface area contributed by atoms with Crippen LogP contribution in [0.4, 0.5) is 0 Å². The van der Waals surface area contributed by atoms with Crippen LogP contribution in [0, 0.1) is 6.92 Å². The van der Waals surface area contributed by atoms with Crippen LogP contribution in [0.15, 0.2) is 6.20 Å². The normalized spacial score (nSPS) is 10.5. The molecule has 0 aliphatic heterocycles. The SMILES string of the molecule is CCCn1ncc(CBr)c1C. The van der Waals surface area contributed by atoms with Crippen LogP contribution in [0.25, 0.3) is 0 Å². The lowest BCUT2D eigenvalue weighted by Gasteiger charge is -2.01. The Morgan fingerprint density at radius 2 is 2.36 bits per heavy atom. The number of aromatic nitrogens is 2. The minimum Gasteiger partial charge on any atom is -0.270 e. The summed E-state index contributed by atoms with van der Waals surface area (Å²) in [5, 5.41) is 5.17. The minimum atomic E-state index is 0.905. The molecule has 0 aromatic carbocycles. The molecular weight excluding hydrogens is 204 g/mol. The number of halogens is 1. The predicted octanol–water partition coefficient (Wildman–Crippen LogP) is 2.50. The zero-order valence-electron chi connectivity index (χ0n) is 6.97. The van der Waals surface area contributed by atoms with Crippen LogP contribution in [-0.4, -0.2) is 9.78 Å². The highest BCUT2D eigenvalue weighted by Gasteiger charge is 2.02. The third-order valence-corrected chi connectivity index (χ3v) is 2.39. The Bertz CT molecular complexity index is 230. The van der Waals surface area contributed by atoms with E-state index in [2.05, 4.69) is 39.6 Å². The third-order valence-electron chi connectivity index (χ3n) is 1.78. The van der Waals surface area contributed by atoms with Gasteiger partial charge in [0, 0.05) is 23.1 Å². The van der Waals surface area contributed by atoms with Gasteiger partial charge in [0.1, 0.15) is 0 Å². The second kappa shape index (κ2) is 3.90. The van der Waals surface area contributed by atoms with Gasteiger partial charge < -0.3 is 0 Å². The molecule has 0 spiro atoms. The first kappa shape index (κ1) is 8.78. The summed E-state index contributed by atoms with van der Waals surface area (Å²) in [6.07, 6.45) is 3.07. The molecule has 1 rings (SSSR count). The highest BCUT2D eigenvalue weighted by atomic mass is 79.9. The Kier molecular flexibility index (Phi) is 3.12. The number of nitrogens with zero attached hydrogens (tertiary/aromatic N) is 2. The molecule has 0 N–H and O–H groups in total. The van der Waals surface area contributed by atoms with Crippen LogP contribution < -0.4 is 0 Å². The smallest absolute Gasteiger partial charge is 0.0533 e. The van der Waals surface area contributed by atoms with Gasteiger partial charge in [-0.2, -0.15) is 5.10 Å². The minimum absolute atomic E-state index is 0.905. The second-order valence-corrected chi connectivity index (χ2v) is 3.17. The lowest BCUT2D eigenvalue weighted by Crippen LogP contribution is -2.01. The molecule has 2 nitrogen and oxygen atoms in total. The second-order valence-electron chi connectivity index (χ2n) is 2.61. The van der Waals surface area contributed by atoms with Crippen molar-refractivity contribution in [2.75, 3.05) is 0 Å². The fraction of sp³-hybridized carbons (Fsp3) is 0.625. The molecule has 3 heteroatoms. The predicted molar refractivity (Wildman–Crippen MR) is 49.9 cm³/mol. The standard InChI is InChI=1S/C8H13BrN2/c1-3-4-11-7(2)8(5-9)6-10-11/h6H,3-5H2,1-2H3. The summed E-state index contributed by atoms with van der Waals surface area (Å²) in [4.78, 5) is 0. The van der Waals surface area contributed by atoms with Gasteiger partial charge in [0.2, 0.25) is 0 Å². The molecule has 1 aromatic rings. The molecule has 0 aliphatic carbocycles. The first-order chi connectivity index (χ1) is 5.29. The maximum atomic E-state index is 4.26. The number of rotatable bonds is 3. The Hall–Kier alpha value is -0.310. The van der Waals surface area contributed by atoms with E-state index in [4.69, 9.17) is 0 Å². The molecule has 0 saturated carbocycles. The molecule has 0 bridgehead atoms. The summed E-state index contributed by atoms with van der Waals surface area (Å²) in [6.45, 7) is 5.30. The maximum Gasteiger partial charge on any atom is 0.0533 e. The molecule has 0 aliphatic rings. The highest BCUT2D eigenvalue weighted by molar-refractivity contribution is 9.08. The first-order valence-electron chi connectivity index (χ1n) is 3.86. The summed E-state index contributed by atoms with van der Waals surface area (Å²) >= 11 is 3.42. The Labute approximate surface area is 75.7 Å². The van der Waals surface area contributed by atoms with Crippen LogP contribution in [0.2, 0.25) is 0 Å². The van der Waals surface area contributed by atoms with Crippen LogP contribution in [0.5, 0.6) is 0 Å². The third kappa shape index (κ3) is 1.83. The molecular formula is C8H13BrN2. The van der Waals surface area contributed by atoms with Crippen molar-refractivity contribution in [3.63, 3.8) is 0 Å². The van der Waals surface area contributed by atoms with E-state index in [0.717, 1.165) is 18.3 Å². The molecule has 62 valence electrons. The van der Waals surface area contributed by atoms with Gasteiger partial charge >= 0.3 is 0 Å². The average Bonchev–Trinajstić information content (AvgIpc) is 2.34. The van der Waals surface area contributed by atoms with Crippen LogP contribution in [0.3, 0.4) is 0 Å². The average molecular weight is 217 g/mol. The molecule has 0 unspecified atom stereocenters. The van der Waals surface area contributed by atoms with Crippen molar-refractivity contribution in [2.45, 2.75) is 32.1 Å².